The van der Waals surface area contributed by atoms with Gasteiger partial charge in [-0.05, 0) is 62.0 Å². The maximum Gasteiger partial charge on any atom is 0.126 e. The second kappa shape index (κ2) is 4.19. The minimum Gasteiger partial charge on any atom is -0.508 e. The molecule has 15 heavy (non-hydrogen) atoms. The summed E-state index contributed by atoms with van der Waals surface area (Å²) >= 11 is 0. The summed E-state index contributed by atoms with van der Waals surface area (Å²) in [5.41, 5.74) is 1.27. The first-order valence-electron chi connectivity index (χ1n) is 5.38. The van der Waals surface area contributed by atoms with Crippen molar-refractivity contribution in [1.82, 2.24) is 5.32 Å². The number of nitrogens with one attached hydrogen (secondary N) is 1. The van der Waals surface area contributed by atoms with Gasteiger partial charge in [-0.1, -0.05) is 0 Å². The average Bonchev–Trinajstić information content (AvgIpc) is 2.25. The Bertz CT molecular complexity index is 359. The third kappa shape index (κ3) is 2.12. The number of phenols is 1. The minimum atomic E-state index is -0.221. The molecular formula is C12H16FNO. The molecule has 0 saturated carbocycles. The van der Waals surface area contributed by atoms with E-state index < -0.39 is 0 Å². The second-order valence-corrected chi connectivity index (χ2v) is 4.18. The largest absolute Gasteiger partial charge is 0.508 e. The highest BCUT2D eigenvalue weighted by Gasteiger charge is 2.19. The molecule has 2 N–H and O–H groups in total. The topological polar surface area (TPSA) is 32.3 Å². The average molecular weight is 209 g/mol. The third-order valence-corrected chi connectivity index (χ3v) is 3.09. The number of benzene rings is 1. The lowest BCUT2D eigenvalue weighted by Crippen LogP contribution is -2.26. The van der Waals surface area contributed by atoms with Crippen LogP contribution < -0.4 is 5.32 Å². The standard InChI is InChI=1S/C12H16FNO/c1-8-6-12(15)10(7-11(8)13)9-2-4-14-5-3-9/h6-7,9,14-15H,2-5H2,1H3. The van der Waals surface area contributed by atoms with Gasteiger partial charge in [0.1, 0.15) is 11.6 Å². The normalized spacial score (nSPS) is 18.0. The molecule has 1 aliphatic rings. The Morgan fingerprint density at radius 2 is 2.00 bits per heavy atom. The molecule has 0 amide bonds. The Labute approximate surface area is 89.1 Å². The number of halogens is 1. The van der Waals surface area contributed by atoms with E-state index in [1.165, 1.54) is 12.1 Å². The van der Waals surface area contributed by atoms with Gasteiger partial charge in [0.05, 0.1) is 0 Å². The van der Waals surface area contributed by atoms with Gasteiger partial charge in [0, 0.05) is 0 Å². The molecule has 0 aliphatic carbocycles. The van der Waals surface area contributed by atoms with E-state index in [2.05, 4.69) is 5.32 Å². The monoisotopic (exact) mass is 209 g/mol. The highest BCUT2D eigenvalue weighted by atomic mass is 19.1. The first kappa shape index (κ1) is 10.4. The molecule has 2 rings (SSSR count). The molecule has 1 heterocycles. The van der Waals surface area contributed by atoms with Gasteiger partial charge in [-0.3, -0.25) is 0 Å². The van der Waals surface area contributed by atoms with E-state index in [4.69, 9.17) is 0 Å². The van der Waals surface area contributed by atoms with E-state index in [1.54, 1.807) is 6.92 Å². The molecule has 1 fully saturated rings. The van der Waals surface area contributed by atoms with Crippen molar-refractivity contribution in [2.24, 2.45) is 0 Å². The van der Waals surface area contributed by atoms with Gasteiger partial charge in [-0.2, -0.15) is 0 Å². The van der Waals surface area contributed by atoms with Crippen molar-refractivity contribution >= 4 is 0 Å². The van der Waals surface area contributed by atoms with Crippen molar-refractivity contribution in [2.75, 3.05) is 13.1 Å². The lowest BCUT2D eigenvalue weighted by atomic mass is 9.89. The molecule has 3 heteroatoms. The molecule has 0 radical (unpaired) electrons. The summed E-state index contributed by atoms with van der Waals surface area (Å²) in [5, 5.41) is 13.0. The fraction of sp³-hybridized carbons (Fsp3) is 0.500. The molecule has 0 unspecified atom stereocenters. The summed E-state index contributed by atoms with van der Waals surface area (Å²) in [4.78, 5) is 0. The van der Waals surface area contributed by atoms with E-state index in [0.717, 1.165) is 31.5 Å². The molecule has 0 spiro atoms. The number of phenolic OH excluding ortho intramolecular Hbond substituents is 1. The molecule has 1 aliphatic heterocycles. The van der Waals surface area contributed by atoms with Gasteiger partial charge < -0.3 is 10.4 Å². The quantitative estimate of drug-likeness (QED) is 0.744. The number of aryl methyl sites for hydroxylation is 1. The van der Waals surface area contributed by atoms with Gasteiger partial charge in [0.15, 0.2) is 0 Å². The zero-order valence-electron chi connectivity index (χ0n) is 8.89. The Morgan fingerprint density at radius 1 is 1.33 bits per heavy atom. The van der Waals surface area contributed by atoms with Gasteiger partial charge >= 0.3 is 0 Å². The number of hydrogen-bond donors (Lipinski definition) is 2. The Kier molecular flexibility index (Phi) is 2.91. The van der Waals surface area contributed by atoms with Crippen molar-refractivity contribution < 1.29 is 9.50 Å². The van der Waals surface area contributed by atoms with E-state index in [0.29, 0.717) is 11.5 Å². The van der Waals surface area contributed by atoms with Crippen molar-refractivity contribution in [3.63, 3.8) is 0 Å². The Morgan fingerprint density at radius 3 is 2.67 bits per heavy atom. The summed E-state index contributed by atoms with van der Waals surface area (Å²) in [6, 6.07) is 3.01. The van der Waals surface area contributed by atoms with Gasteiger partial charge in [-0.25, -0.2) is 4.39 Å². The zero-order valence-corrected chi connectivity index (χ0v) is 8.89. The van der Waals surface area contributed by atoms with Crippen LogP contribution in [0.1, 0.15) is 29.9 Å². The molecular weight excluding hydrogens is 193 g/mol. The van der Waals surface area contributed by atoms with Gasteiger partial charge in [0.25, 0.3) is 0 Å². The molecule has 1 aromatic carbocycles. The van der Waals surface area contributed by atoms with Crippen LogP contribution in [0.5, 0.6) is 5.75 Å². The Balaban J connectivity index is 2.30. The first-order chi connectivity index (χ1) is 7.18. The van der Waals surface area contributed by atoms with Crippen molar-refractivity contribution in [2.45, 2.75) is 25.7 Å². The van der Waals surface area contributed by atoms with Crippen LogP contribution in [-0.2, 0) is 0 Å². The molecule has 0 atom stereocenters. The van der Waals surface area contributed by atoms with E-state index in [1.807, 2.05) is 0 Å². The molecule has 1 saturated heterocycles. The van der Waals surface area contributed by atoms with Crippen LogP contribution in [0, 0.1) is 12.7 Å². The van der Waals surface area contributed by atoms with Crippen LogP contribution in [0.2, 0.25) is 0 Å². The lowest BCUT2D eigenvalue weighted by molar-refractivity contribution is 0.421. The first-order valence-corrected chi connectivity index (χ1v) is 5.38. The van der Waals surface area contributed by atoms with Gasteiger partial charge in [-0.15, -0.1) is 0 Å². The van der Waals surface area contributed by atoms with Crippen LogP contribution in [0.25, 0.3) is 0 Å². The van der Waals surface area contributed by atoms with E-state index in [9.17, 15) is 9.50 Å². The SMILES string of the molecule is Cc1cc(O)c(C2CCNCC2)cc1F. The lowest BCUT2D eigenvalue weighted by Gasteiger charge is -2.23. The molecule has 0 bridgehead atoms. The third-order valence-electron chi connectivity index (χ3n) is 3.09. The fourth-order valence-electron chi connectivity index (χ4n) is 2.14. The van der Waals surface area contributed by atoms with E-state index >= 15 is 0 Å². The maximum atomic E-state index is 13.4. The summed E-state index contributed by atoms with van der Waals surface area (Å²) in [5.74, 6) is 0.309. The van der Waals surface area contributed by atoms with Crippen molar-refractivity contribution in [3.8, 4) is 5.75 Å². The molecule has 82 valence electrons. The zero-order chi connectivity index (χ0) is 10.8. The van der Waals surface area contributed by atoms with Crippen molar-refractivity contribution in [1.29, 1.82) is 0 Å². The summed E-state index contributed by atoms with van der Waals surface area (Å²) in [6.07, 6.45) is 1.94. The smallest absolute Gasteiger partial charge is 0.126 e. The Hall–Kier alpha value is -1.09. The second-order valence-electron chi connectivity index (χ2n) is 4.18. The summed E-state index contributed by atoms with van der Waals surface area (Å²) in [6.45, 7) is 3.56. The highest BCUT2D eigenvalue weighted by molar-refractivity contribution is 5.39. The van der Waals surface area contributed by atoms with Gasteiger partial charge in [0.2, 0.25) is 0 Å². The van der Waals surface area contributed by atoms with Crippen LogP contribution in [0.4, 0.5) is 4.39 Å². The van der Waals surface area contributed by atoms with Crippen LogP contribution in [-0.4, -0.2) is 18.2 Å². The predicted octanol–water partition coefficient (Wildman–Crippen LogP) is 2.31. The molecule has 2 nitrogen and oxygen atoms in total. The highest BCUT2D eigenvalue weighted by Crippen LogP contribution is 2.33. The minimum absolute atomic E-state index is 0.221. The number of rotatable bonds is 1. The summed E-state index contributed by atoms with van der Waals surface area (Å²) in [7, 11) is 0. The summed E-state index contributed by atoms with van der Waals surface area (Å²) < 4.78 is 13.4. The number of aromatic hydroxyl groups is 1. The van der Waals surface area contributed by atoms with Crippen LogP contribution in [0.3, 0.4) is 0 Å². The number of hydrogen-bond acceptors (Lipinski definition) is 2. The van der Waals surface area contributed by atoms with Crippen LogP contribution in [0.15, 0.2) is 12.1 Å². The maximum absolute atomic E-state index is 13.4. The van der Waals surface area contributed by atoms with E-state index in [-0.39, 0.29) is 11.6 Å². The predicted molar refractivity (Wildman–Crippen MR) is 57.6 cm³/mol. The molecule has 1 aromatic rings. The fourth-order valence-corrected chi connectivity index (χ4v) is 2.14. The molecule has 0 aromatic heterocycles. The van der Waals surface area contributed by atoms with Crippen molar-refractivity contribution in [3.05, 3.63) is 29.1 Å². The number of piperidine rings is 1. The van der Waals surface area contributed by atoms with Crippen LogP contribution >= 0.6 is 0 Å².